The van der Waals surface area contributed by atoms with Crippen LogP contribution < -0.4 is 5.73 Å². The van der Waals surface area contributed by atoms with Crippen LogP contribution >= 0.6 is 0 Å². The molecule has 0 amide bonds. The zero-order valence-electron chi connectivity index (χ0n) is 10.5. The summed E-state index contributed by atoms with van der Waals surface area (Å²) in [6.07, 6.45) is 2.84. The first-order valence-corrected chi connectivity index (χ1v) is 7.68. The van der Waals surface area contributed by atoms with Gasteiger partial charge in [-0.2, -0.15) is 0 Å². The second-order valence-electron chi connectivity index (χ2n) is 4.42. The molecule has 0 heterocycles. The Morgan fingerprint density at radius 1 is 1.35 bits per heavy atom. The Labute approximate surface area is 104 Å². The molecule has 0 saturated carbocycles. The Morgan fingerprint density at radius 2 is 2.06 bits per heavy atom. The van der Waals surface area contributed by atoms with Crippen LogP contribution in [0.25, 0.3) is 0 Å². The zero-order valence-corrected chi connectivity index (χ0v) is 11.3. The van der Waals surface area contributed by atoms with Crippen LogP contribution in [0.4, 0.5) is 0 Å². The molecule has 1 aromatic rings. The van der Waals surface area contributed by atoms with Crippen molar-refractivity contribution in [2.45, 2.75) is 44.0 Å². The summed E-state index contributed by atoms with van der Waals surface area (Å²) in [5.41, 5.74) is 6.75. The number of nitrogens with two attached hydrogens (primary N) is 1. The Balaban J connectivity index is 2.73. The van der Waals surface area contributed by atoms with E-state index < -0.39 is 9.84 Å². The summed E-state index contributed by atoms with van der Waals surface area (Å²) < 4.78 is 23.4. The number of hydrogen-bond acceptors (Lipinski definition) is 3. The smallest absolute Gasteiger partial charge is 0.178 e. The first kappa shape index (κ1) is 14.2. The average Bonchev–Trinajstić information content (AvgIpc) is 2.29. The predicted molar refractivity (Wildman–Crippen MR) is 70.8 cm³/mol. The fraction of sp³-hybridized carbons (Fsp3) is 0.538. The van der Waals surface area contributed by atoms with Gasteiger partial charge in [-0.1, -0.05) is 19.1 Å². The molecule has 0 spiro atoms. The van der Waals surface area contributed by atoms with Crippen molar-refractivity contribution in [3.63, 3.8) is 0 Å². The molecule has 2 N–H and O–H groups in total. The van der Waals surface area contributed by atoms with Crippen molar-refractivity contribution in [3.8, 4) is 0 Å². The molecule has 0 aliphatic heterocycles. The van der Waals surface area contributed by atoms with E-state index in [0.29, 0.717) is 4.90 Å². The summed E-state index contributed by atoms with van der Waals surface area (Å²) in [5.74, 6) is 0.149. The van der Waals surface area contributed by atoms with Crippen molar-refractivity contribution in [3.05, 3.63) is 29.8 Å². The van der Waals surface area contributed by atoms with E-state index in [-0.39, 0.29) is 11.8 Å². The second-order valence-corrected chi connectivity index (χ2v) is 6.70. The number of sulfone groups is 1. The number of rotatable bonds is 6. The highest BCUT2D eigenvalue weighted by atomic mass is 32.2. The normalized spacial score (nSPS) is 13.6. The monoisotopic (exact) mass is 255 g/mol. The van der Waals surface area contributed by atoms with Gasteiger partial charge in [0.25, 0.3) is 0 Å². The summed E-state index contributed by atoms with van der Waals surface area (Å²) in [6.45, 7) is 3.65. The second kappa shape index (κ2) is 6.17. The summed E-state index contributed by atoms with van der Waals surface area (Å²) in [4.78, 5) is 0.429. The quantitative estimate of drug-likeness (QED) is 0.847. The van der Waals surface area contributed by atoms with Crippen molar-refractivity contribution in [2.24, 2.45) is 5.73 Å². The van der Waals surface area contributed by atoms with Crippen molar-refractivity contribution < 1.29 is 8.42 Å². The van der Waals surface area contributed by atoms with E-state index >= 15 is 0 Å². The third-order valence-corrected chi connectivity index (χ3v) is 4.49. The van der Waals surface area contributed by atoms with Gasteiger partial charge in [0.05, 0.1) is 10.6 Å². The Morgan fingerprint density at radius 3 is 2.65 bits per heavy atom. The summed E-state index contributed by atoms with van der Waals surface area (Å²) in [6, 6.07) is 7.42. The lowest BCUT2D eigenvalue weighted by Crippen LogP contribution is -2.14. The van der Waals surface area contributed by atoms with Crippen molar-refractivity contribution in [1.29, 1.82) is 0 Å². The summed E-state index contributed by atoms with van der Waals surface area (Å²) in [5, 5.41) is 0. The maximum atomic E-state index is 11.7. The van der Waals surface area contributed by atoms with Gasteiger partial charge in [-0.3, -0.25) is 0 Å². The molecule has 1 unspecified atom stereocenters. The molecule has 0 aromatic heterocycles. The first-order valence-electron chi connectivity index (χ1n) is 6.03. The van der Waals surface area contributed by atoms with E-state index in [1.165, 1.54) is 0 Å². The van der Waals surface area contributed by atoms with Crippen LogP contribution in [-0.2, 0) is 16.3 Å². The van der Waals surface area contributed by atoms with Gasteiger partial charge < -0.3 is 5.73 Å². The largest absolute Gasteiger partial charge is 0.328 e. The molecule has 0 bridgehead atoms. The van der Waals surface area contributed by atoms with Crippen LogP contribution in [0, 0.1) is 0 Å². The van der Waals surface area contributed by atoms with E-state index in [0.717, 1.165) is 24.8 Å². The lowest BCUT2D eigenvalue weighted by atomic mass is 10.1. The molecule has 1 aromatic carbocycles. The van der Waals surface area contributed by atoms with Gasteiger partial charge in [0.2, 0.25) is 0 Å². The van der Waals surface area contributed by atoms with E-state index in [1.807, 2.05) is 19.1 Å². The topological polar surface area (TPSA) is 60.2 Å². The van der Waals surface area contributed by atoms with Gasteiger partial charge in [-0.15, -0.1) is 0 Å². The minimum Gasteiger partial charge on any atom is -0.328 e. The molecule has 1 rings (SSSR count). The Hall–Kier alpha value is -0.870. The van der Waals surface area contributed by atoms with Crippen LogP contribution in [-0.4, -0.2) is 20.2 Å². The molecule has 17 heavy (non-hydrogen) atoms. The highest BCUT2D eigenvalue weighted by Gasteiger charge is 2.11. The number of hydrogen-bond donors (Lipinski definition) is 1. The van der Waals surface area contributed by atoms with E-state index in [1.54, 1.807) is 19.1 Å². The van der Waals surface area contributed by atoms with Crippen molar-refractivity contribution in [1.82, 2.24) is 0 Å². The zero-order chi connectivity index (χ0) is 12.9. The molecular formula is C13H21NO2S. The SMILES string of the molecule is CCS(=O)(=O)c1cccc(CCCC(C)N)c1. The van der Waals surface area contributed by atoms with Gasteiger partial charge in [0.1, 0.15) is 0 Å². The van der Waals surface area contributed by atoms with Gasteiger partial charge in [-0.25, -0.2) is 8.42 Å². The molecule has 0 fully saturated rings. The Bertz CT molecular complexity index is 452. The third kappa shape index (κ3) is 4.48. The van der Waals surface area contributed by atoms with Gasteiger partial charge in [-0.05, 0) is 43.9 Å². The first-order chi connectivity index (χ1) is 7.95. The van der Waals surface area contributed by atoms with Crippen molar-refractivity contribution >= 4 is 9.84 Å². The van der Waals surface area contributed by atoms with Crippen LogP contribution in [0.2, 0.25) is 0 Å². The summed E-state index contributed by atoms with van der Waals surface area (Å²) >= 11 is 0. The van der Waals surface area contributed by atoms with Crippen LogP contribution in [0.5, 0.6) is 0 Å². The van der Waals surface area contributed by atoms with Crippen molar-refractivity contribution in [2.75, 3.05) is 5.75 Å². The molecule has 0 saturated heterocycles. The predicted octanol–water partition coefficient (Wildman–Crippen LogP) is 2.15. The number of aryl methyl sites for hydroxylation is 1. The fourth-order valence-corrected chi connectivity index (χ4v) is 2.64. The van der Waals surface area contributed by atoms with Crippen LogP contribution in [0.15, 0.2) is 29.2 Å². The van der Waals surface area contributed by atoms with Crippen LogP contribution in [0.1, 0.15) is 32.3 Å². The fourth-order valence-electron chi connectivity index (χ4n) is 1.69. The standard InChI is InChI=1S/C13H21NO2S/c1-3-17(15,16)13-9-5-8-12(10-13)7-4-6-11(2)14/h5,8-11H,3-4,6-7,14H2,1-2H3. The maximum Gasteiger partial charge on any atom is 0.178 e. The van der Waals surface area contributed by atoms with Gasteiger partial charge >= 0.3 is 0 Å². The molecule has 1 atom stereocenters. The van der Waals surface area contributed by atoms with E-state index in [4.69, 9.17) is 5.73 Å². The van der Waals surface area contributed by atoms with E-state index in [9.17, 15) is 8.42 Å². The minimum atomic E-state index is -3.09. The third-order valence-electron chi connectivity index (χ3n) is 2.76. The molecule has 4 heteroatoms. The minimum absolute atomic E-state index is 0.149. The van der Waals surface area contributed by atoms with E-state index in [2.05, 4.69) is 0 Å². The van der Waals surface area contributed by atoms with Gasteiger partial charge in [0.15, 0.2) is 9.84 Å². The lowest BCUT2D eigenvalue weighted by molar-refractivity contribution is 0.596. The number of benzene rings is 1. The highest BCUT2D eigenvalue weighted by Crippen LogP contribution is 2.15. The molecule has 0 aliphatic carbocycles. The molecule has 0 aliphatic rings. The molecule has 96 valence electrons. The Kier molecular flexibility index (Phi) is 5.15. The summed E-state index contributed by atoms with van der Waals surface area (Å²) in [7, 11) is -3.09. The molecule has 0 radical (unpaired) electrons. The highest BCUT2D eigenvalue weighted by molar-refractivity contribution is 7.91. The molecular weight excluding hydrogens is 234 g/mol. The molecule has 3 nitrogen and oxygen atoms in total. The average molecular weight is 255 g/mol. The van der Waals surface area contributed by atoms with Gasteiger partial charge in [0, 0.05) is 6.04 Å². The lowest BCUT2D eigenvalue weighted by Gasteiger charge is -2.07. The maximum absolute atomic E-state index is 11.7. The van der Waals surface area contributed by atoms with Crippen LogP contribution in [0.3, 0.4) is 0 Å².